The van der Waals surface area contributed by atoms with Crippen molar-refractivity contribution >= 4 is 11.7 Å². The maximum Gasteiger partial charge on any atom is 0.410 e. The van der Waals surface area contributed by atoms with Gasteiger partial charge in [0.05, 0.1) is 32.4 Å². The lowest BCUT2D eigenvalue weighted by Gasteiger charge is -2.44. The summed E-state index contributed by atoms with van der Waals surface area (Å²) in [4.78, 5) is 15.1. The van der Waals surface area contributed by atoms with E-state index in [0.717, 1.165) is 28.8 Å². The molecule has 1 amide bonds. The fourth-order valence-electron chi connectivity index (χ4n) is 5.70. The van der Waals surface area contributed by atoms with Gasteiger partial charge in [-0.25, -0.2) is 13.6 Å². The molecule has 5 nitrogen and oxygen atoms in total. The van der Waals surface area contributed by atoms with Crippen molar-refractivity contribution in [3.05, 3.63) is 95.1 Å². The first-order valence-corrected chi connectivity index (χ1v) is 12.0. The molecule has 184 valence electrons. The maximum absolute atomic E-state index is 14.0. The first-order chi connectivity index (χ1) is 17.5. The van der Waals surface area contributed by atoms with Crippen LogP contribution in [0.2, 0.25) is 0 Å². The van der Waals surface area contributed by atoms with E-state index >= 15 is 0 Å². The molecule has 0 radical (unpaired) electrons. The monoisotopic (exact) mass is 489 g/mol. The van der Waals surface area contributed by atoms with Gasteiger partial charge in [-0.15, -0.1) is 0 Å². The fourth-order valence-corrected chi connectivity index (χ4v) is 5.70. The zero-order valence-corrected chi connectivity index (χ0v) is 19.7. The Morgan fingerprint density at radius 1 is 0.972 bits per heavy atom. The molecule has 1 fully saturated rings. The lowest BCUT2D eigenvalue weighted by atomic mass is 9.89. The standard InChI is InChI=1S/C29H25F2NO4/c1-34-28-13-27(31)26(30)12-24(28)17-10-18-14-35-15-19(11-17)32(18)29(33)36-16-25-22-8-4-2-6-20(22)21-7-3-5-9-23(21)25/h2-10,12-13,18-19,25H,11,14-16H2,1H3. The average molecular weight is 490 g/mol. The third kappa shape index (κ3) is 3.75. The number of hydrogen-bond donors (Lipinski definition) is 0. The molecule has 3 aromatic rings. The van der Waals surface area contributed by atoms with Gasteiger partial charge in [-0.05, 0) is 40.3 Å². The molecule has 7 heteroatoms. The molecule has 0 saturated carbocycles. The molecule has 3 aliphatic rings. The normalized spacial score (nSPS) is 20.4. The van der Waals surface area contributed by atoms with Crippen LogP contribution in [0.15, 0.2) is 66.7 Å². The number of carbonyl (C=O) groups is 1. The highest BCUT2D eigenvalue weighted by atomic mass is 19.2. The number of nitrogens with zero attached hydrogens (tertiary/aromatic N) is 1. The predicted molar refractivity (Wildman–Crippen MR) is 131 cm³/mol. The summed E-state index contributed by atoms with van der Waals surface area (Å²) in [5, 5.41) is 0. The fraction of sp³-hybridized carbons (Fsp3) is 0.276. The quantitative estimate of drug-likeness (QED) is 0.466. The van der Waals surface area contributed by atoms with Crippen LogP contribution >= 0.6 is 0 Å². The second-order valence-corrected chi connectivity index (χ2v) is 9.33. The van der Waals surface area contributed by atoms with Crippen molar-refractivity contribution in [2.45, 2.75) is 24.4 Å². The molecule has 2 aliphatic heterocycles. The molecule has 6 rings (SSSR count). The highest BCUT2D eigenvalue weighted by Crippen LogP contribution is 2.45. The largest absolute Gasteiger partial charge is 0.496 e. The van der Waals surface area contributed by atoms with Gasteiger partial charge in [0.2, 0.25) is 0 Å². The first-order valence-electron chi connectivity index (χ1n) is 12.0. The molecule has 1 aliphatic carbocycles. The summed E-state index contributed by atoms with van der Waals surface area (Å²) >= 11 is 0. The second kappa shape index (κ2) is 9.06. The minimum Gasteiger partial charge on any atom is -0.496 e. The number of ether oxygens (including phenoxy) is 3. The number of fused-ring (bicyclic) bond motifs is 5. The van der Waals surface area contributed by atoms with Crippen molar-refractivity contribution in [3.63, 3.8) is 0 Å². The molecular weight excluding hydrogens is 464 g/mol. The Morgan fingerprint density at radius 3 is 2.31 bits per heavy atom. The van der Waals surface area contributed by atoms with Crippen LogP contribution in [0, 0.1) is 11.6 Å². The number of rotatable bonds is 4. The zero-order chi connectivity index (χ0) is 24.8. The average Bonchev–Trinajstić information content (AvgIpc) is 3.21. The number of halogens is 2. The van der Waals surface area contributed by atoms with Crippen LogP contribution in [0.1, 0.15) is 29.0 Å². The van der Waals surface area contributed by atoms with Gasteiger partial charge < -0.3 is 14.2 Å². The van der Waals surface area contributed by atoms with E-state index in [9.17, 15) is 13.6 Å². The number of hydrogen-bond acceptors (Lipinski definition) is 4. The zero-order valence-electron chi connectivity index (χ0n) is 19.7. The number of benzene rings is 3. The van der Waals surface area contributed by atoms with Gasteiger partial charge in [-0.1, -0.05) is 54.6 Å². The summed E-state index contributed by atoms with van der Waals surface area (Å²) in [7, 11) is 1.42. The summed E-state index contributed by atoms with van der Waals surface area (Å²) in [6, 6.07) is 18.0. The van der Waals surface area contributed by atoms with Crippen molar-refractivity contribution < 1.29 is 27.8 Å². The predicted octanol–water partition coefficient (Wildman–Crippen LogP) is 5.78. The van der Waals surface area contributed by atoms with Crippen molar-refractivity contribution in [1.29, 1.82) is 0 Å². The van der Waals surface area contributed by atoms with Gasteiger partial charge in [0.25, 0.3) is 0 Å². The molecule has 2 unspecified atom stereocenters. The van der Waals surface area contributed by atoms with Crippen LogP contribution in [-0.4, -0.2) is 50.0 Å². The highest BCUT2D eigenvalue weighted by Gasteiger charge is 2.40. The summed E-state index contributed by atoms with van der Waals surface area (Å²) < 4.78 is 44.7. The summed E-state index contributed by atoms with van der Waals surface area (Å²) in [6.45, 7) is 0.872. The molecule has 3 aromatic carbocycles. The third-order valence-corrected chi connectivity index (χ3v) is 7.33. The topological polar surface area (TPSA) is 48.0 Å². The number of carbonyl (C=O) groups excluding carboxylic acids is 1. The summed E-state index contributed by atoms with van der Waals surface area (Å²) in [5.74, 6) is -1.67. The van der Waals surface area contributed by atoms with E-state index in [4.69, 9.17) is 14.2 Å². The van der Waals surface area contributed by atoms with Gasteiger partial charge in [-0.2, -0.15) is 0 Å². The SMILES string of the molecule is COc1cc(F)c(F)cc1C1=CC2COCC(C1)N2C(=O)OCC1c2ccccc2-c2ccccc21. The lowest BCUT2D eigenvalue weighted by Crippen LogP contribution is -2.56. The minimum atomic E-state index is -0.962. The van der Waals surface area contributed by atoms with Crippen molar-refractivity contribution in [2.75, 3.05) is 26.9 Å². The Bertz CT molecular complexity index is 1330. The maximum atomic E-state index is 14.0. The lowest BCUT2D eigenvalue weighted by molar-refractivity contribution is -0.0331. The van der Waals surface area contributed by atoms with Gasteiger partial charge in [0.1, 0.15) is 12.4 Å². The van der Waals surface area contributed by atoms with E-state index in [0.29, 0.717) is 25.2 Å². The van der Waals surface area contributed by atoms with Crippen LogP contribution < -0.4 is 4.74 Å². The van der Waals surface area contributed by atoms with Gasteiger partial charge in [0, 0.05) is 17.5 Å². The van der Waals surface area contributed by atoms with Crippen molar-refractivity contribution in [1.82, 2.24) is 4.90 Å². The summed E-state index contributed by atoms with van der Waals surface area (Å²) in [5.41, 5.74) is 5.94. The Hall–Kier alpha value is -3.71. The van der Waals surface area contributed by atoms with E-state index in [1.807, 2.05) is 30.3 Å². The van der Waals surface area contributed by atoms with Crippen LogP contribution in [0.4, 0.5) is 13.6 Å². The van der Waals surface area contributed by atoms with E-state index < -0.39 is 17.7 Å². The van der Waals surface area contributed by atoms with Gasteiger partial charge in [-0.3, -0.25) is 4.90 Å². The molecule has 1 saturated heterocycles. The third-order valence-electron chi connectivity index (χ3n) is 7.33. The van der Waals surface area contributed by atoms with Crippen LogP contribution in [-0.2, 0) is 9.47 Å². The Balaban J connectivity index is 1.24. The molecule has 0 N–H and O–H groups in total. The smallest absolute Gasteiger partial charge is 0.410 e. The van der Waals surface area contributed by atoms with E-state index in [2.05, 4.69) is 24.3 Å². The van der Waals surface area contributed by atoms with E-state index in [1.54, 1.807) is 4.90 Å². The first kappa shape index (κ1) is 22.7. The Kier molecular flexibility index (Phi) is 5.72. The summed E-state index contributed by atoms with van der Waals surface area (Å²) in [6.07, 6.45) is 1.89. The molecule has 36 heavy (non-hydrogen) atoms. The Morgan fingerprint density at radius 2 is 1.64 bits per heavy atom. The van der Waals surface area contributed by atoms with Gasteiger partial charge in [0.15, 0.2) is 11.6 Å². The Labute approximate surface area is 207 Å². The van der Waals surface area contributed by atoms with Crippen molar-refractivity contribution in [3.8, 4) is 16.9 Å². The molecule has 2 atom stereocenters. The minimum absolute atomic E-state index is 0.0280. The number of amides is 1. The highest BCUT2D eigenvalue weighted by molar-refractivity contribution is 5.80. The molecular formula is C29H25F2NO4. The molecule has 2 heterocycles. The number of methoxy groups -OCH3 is 1. The molecule has 0 aromatic heterocycles. The number of morpholine rings is 1. The van der Waals surface area contributed by atoms with Crippen LogP contribution in [0.3, 0.4) is 0 Å². The van der Waals surface area contributed by atoms with Crippen molar-refractivity contribution in [2.24, 2.45) is 0 Å². The molecule has 0 spiro atoms. The van der Waals surface area contributed by atoms with E-state index in [1.165, 1.54) is 18.2 Å². The van der Waals surface area contributed by atoms with Crippen LogP contribution in [0.25, 0.3) is 16.7 Å². The van der Waals surface area contributed by atoms with Gasteiger partial charge >= 0.3 is 6.09 Å². The molecule has 2 bridgehead atoms. The van der Waals surface area contributed by atoms with E-state index in [-0.39, 0.29) is 30.4 Å². The van der Waals surface area contributed by atoms with Crippen LogP contribution in [0.5, 0.6) is 5.75 Å². The second-order valence-electron chi connectivity index (χ2n) is 9.33.